The molecule has 2 heterocycles. The van der Waals surface area contributed by atoms with E-state index in [9.17, 15) is 23.2 Å². The van der Waals surface area contributed by atoms with Crippen molar-refractivity contribution in [3.63, 3.8) is 0 Å². The molecule has 0 bridgehead atoms. The lowest BCUT2D eigenvalue weighted by Crippen LogP contribution is -2.55. The molecule has 8 nitrogen and oxygen atoms in total. The summed E-state index contributed by atoms with van der Waals surface area (Å²) in [5.41, 5.74) is -0.323. The Morgan fingerprint density at radius 1 is 1.48 bits per heavy atom. The Balaban J connectivity index is 2.29. The summed E-state index contributed by atoms with van der Waals surface area (Å²) >= 11 is 0. The molecule has 2 unspecified atom stereocenters. The second-order valence-corrected chi connectivity index (χ2v) is 4.59. The van der Waals surface area contributed by atoms with Gasteiger partial charge in [0.1, 0.15) is 0 Å². The minimum atomic E-state index is -1.88. The Morgan fingerprint density at radius 3 is 2.74 bits per heavy atom. The van der Waals surface area contributed by atoms with Gasteiger partial charge in [-0.25, -0.2) is 4.79 Å². The van der Waals surface area contributed by atoms with Crippen LogP contribution in [0.5, 0.6) is 0 Å². The van der Waals surface area contributed by atoms with E-state index >= 15 is 0 Å². The molecule has 0 aromatic carbocycles. The highest BCUT2D eigenvalue weighted by molar-refractivity contribution is 6.00. The predicted molar refractivity (Wildman–Crippen MR) is 69.4 cm³/mol. The monoisotopic (exact) mass is 330 g/mol. The van der Waals surface area contributed by atoms with Crippen LogP contribution in [0.1, 0.15) is 6.92 Å². The third-order valence-electron chi connectivity index (χ3n) is 3.02. The molecule has 1 aromatic heterocycles. The number of aromatic nitrogens is 1. The predicted octanol–water partition coefficient (Wildman–Crippen LogP) is 0.108. The van der Waals surface area contributed by atoms with Gasteiger partial charge in [0.05, 0.1) is 12.3 Å². The molecule has 124 valence electrons. The molecule has 2 rings (SSSR count). The summed E-state index contributed by atoms with van der Waals surface area (Å²) in [4.78, 5) is 38.3. The van der Waals surface area contributed by atoms with Gasteiger partial charge in [0.2, 0.25) is 18.0 Å². The first-order valence-electron chi connectivity index (χ1n) is 6.46. The first-order valence-corrected chi connectivity index (χ1v) is 6.46. The van der Waals surface area contributed by atoms with Crippen molar-refractivity contribution in [2.45, 2.75) is 19.1 Å². The standard InChI is InChI=1S/C13H12F2N2O6/c1-6(18)23-10(13(20)21)9-12(19)17(4-5-22-9)7-2-3-8(14)16-11(7)15/h2-3,9-10H,4-5H2,1H3,(H,20,21). The SMILES string of the molecule is CC(=O)OC(C(=O)O)C1OCCN(c2ccc(F)nc2F)C1=O. The van der Waals surface area contributed by atoms with E-state index in [2.05, 4.69) is 9.72 Å². The zero-order valence-corrected chi connectivity index (χ0v) is 11.9. The number of morpholine rings is 1. The maximum atomic E-state index is 13.7. The number of nitrogens with zero attached hydrogens (tertiary/aromatic N) is 2. The summed E-state index contributed by atoms with van der Waals surface area (Å²) in [6, 6.07) is 1.86. The van der Waals surface area contributed by atoms with E-state index in [4.69, 9.17) is 9.84 Å². The summed E-state index contributed by atoms with van der Waals surface area (Å²) in [6.07, 6.45) is -3.52. The zero-order chi connectivity index (χ0) is 17.1. The molecule has 2 atom stereocenters. The summed E-state index contributed by atoms with van der Waals surface area (Å²) in [5, 5.41) is 9.08. The molecule has 1 saturated heterocycles. The highest BCUT2D eigenvalue weighted by atomic mass is 19.1. The van der Waals surface area contributed by atoms with Crippen LogP contribution >= 0.6 is 0 Å². The number of esters is 1. The highest BCUT2D eigenvalue weighted by Crippen LogP contribution is 2.23. The number of rotatable bonds is 4. The third-order valence-corrected chi connectivity index (χ3v) is 3.02. The molecule has 23 heavy (non-hydrogen) atoms. The fourth-order valence-corrected chi connectivity index (χ4v) is 2.09. The molecule has 1 fully saturated rings. The van der Waals surface area contributed by atoms with Gasteiger partial charge in [-0.05, 0) is 12.1 Å². The fraction of sp³-hybridized carbons (Fsp3) is 0.385. The normalized spacial score (nSPS) is 19.3. The molecule has 1 N–H and O–H groups in total. The Hall–Kier alpha value is -2.62. The number of carbonyl (C=O) groups excluding carboxylic acids is 2. The minimum Gasteiger partial charge on any atom is -0.478 e. The smallest absolute Gasteiger partial charge is 0.348 e. The first-order chi connectivity index (χ1) is 10.8. The molecule has 0 radical (unpaired) electrons. The van der Waals surface area contributed by atoms with Gasteiger partial charge < -0.3 is 19.5 Å². The second kappa shape index (κ2) is 6.65. The maximum Gasteiger partial charge on any atom is 0.348 e. The molecule has 0 spiro atoms. The second-order valence-electron chi connectivity index (χ2n) is 4.59. The highest BCUT2D eigenvalue weighted by Gasteiger charge is 2.43. The van der Waals surface area contributed by atoms with Crippen molar-refractivity contribution >= 4 is 23.5 Å². The number of hydrogen-bond donors (Lipinski definition) is 1. The van der Waals surface area contributed by atoms with E-state index in [0.717, 1.165) is 24.0 Å². The summed E-state index contributed by atoms with van der Waals surface area (Å²) in [5.74, 6) is -5.72. The van der Waals surface area contributed by atoms with Gasteiger partial charge in [-0.1, -0.05) is 0 Å². The van der Waals surface area contributed by atoms with Gasteiger partial charge in [-0.2, -0.15) is 13.8 Å². The van der Waals surface area contributed by atoms with E-state index in [0.29, 0.717) is 0 Å². The summed E-state index contributed by atoms with van der Waals surface area (Å²) in [7, 11) is 0. The van der Waals surface area contributed by atoms with Crippen LogP contribution in [0.3, 0.4) is 0 Å². The topological polar surface area (TPSA) is 106 Å². The van der Waals surface area contributed by atoms with Crippen LogP contribution in [0.4, 0.5) is 14.5 Å². The average Bonchev–Trinajstić information content (AvgIpc) is 2.46. The quantitative estimate of drug-likeness (QED) is 0.617. The van der Waals surface area contributed by atoms with Gasteiger partial charge in [-0.15, -0.1) is 0 Å². The number of carbonyl (C=O) groups is 3. The Kier molecular flexibility index (Phi) is 4.84. The number of halogens is 2. The van der Waals surface area contributed by atoms with Crippen LogP contribution < -0.4 is 4.90 Å². The number of pyridine rings is 1. The lowest BCUT2D eigenvalue weighted by atomic mass is 10.1. The third kappa shape index (κ3) is 3.59. The van der Waals surface area contributed by atoms with Crippen LogP contribution in [0.2, 0.25) is 0 Å². The molecule has 1 aliphatic heterocycles. The number of carboxylic acids is 1. The van der Waals surface area contributed by atoms with E-state index < -0.39 is 41.9 Å². The molecular weight excluding hydrogens is 318 g/mol. The van der Waals surface area contributed by atoms with E-state index in [1.165, 1.54) is 0 Å². The molecule has 1 amide bonds. The molecule has 1 aromatic rings. The van der Waals surface area contributed by atoms with Crippen LogP contribution in [-0.2, 0) is 23.9 Å². The Labute approximate surface area is 128 Å². The van der Waals surface area contributed by atoms with E-state index in [1.807, 2.05) is 0 Å². The summed E-state index contributed by atoms with van der Waals surface area (Å²) < 4.78 is 36.2. The number of carboxylic acid groups (broad SMARTS) is 1. The van der Waals surface area contributed by atoms with Crippen molar-refractivity contribution in [3.05, 3.63) is 24.0 Å². The van der Waals surface area contributed by atoms with E-state index in [-0.39, 0.29) is 18.8 Å². The largest absolute Gasteiger partial charge is 0.478 e. The van der Waals surface area contributed by atoms with Crippen LogP contribution in [0.25, 0.3) is 0 Å². The van der Waals surface area contributed by atoms with Crippen molar-refractivity contribution in [3.8, 4) is 0 Å². The minimum absolute atomic E-state index is 0.0913. The molecule has 0 saturated carbocycles. The number of amides is 1. The van der Waals surface area contributed by atoms with Crippen LogP contribution in [0, 0.1) is 11.9 Å². The Morgan fingerprint density at radius 2 is 2.17 bits per heavy atom. The fourth-order valence-electron chi connectivity index (χ4n) is 2.09. The van der Waals surface area contributed by atoms with Gasteiger partial charge in [0.25, 0.3) is 5.91 Å². The van der Waals surface area contributed by atoms with Gasteiger partial charge >= 0.3 is 11.9 Å². The number of ether oxygens (including phenoxy) is 2. The lowest BCUT2D eigenvalue weighted by molar-refractivity contribution is -0.177. The maximum absolute atomic E-state index is 13.7. The number of anilines is 1. The average molecular weight is 330 g/mol. The molecule has 10 heteroatoms. The Bertz CT molecular complexity index is 653. The van der Waals surface area contributed by atoms with Crippen molar-refractivity contribution < 1.29 is 37.7 Å². The van der Waals surface area contributed by atoms with Crippen molar-refractivity contribution in [1.82, 2.24) is 4.98 Å². The molecule has 0 aliphatic carbocycles. The summed E-state index contributed by atoms with van der Waals surface area (Å²) in [6.45, 7) is 0.759. The van der Waals surface area contributed by atoms with Gasteiger partial charge in [0, 0.05) is 13.5 Å². The van der Waals surface area contributed by atoms with Crippen LogP contribution in [-0.4, -0.2) is 53.3 Å². The van der Waals surface area contributed by atoms with Gasteiger partial charge in [0.15, 0.2) is 6.10 Å². The van der Waals surface area contributed by atoms with Gasteiger partial charge in [-0.3, -0.25) is 9.59 Å². The van der Waals surface area contributed by atoms with E-state index in [1.54, 1.807) is 0 Å². The zero-order valence-electron chi connectivity index (χ0n) is 11.9. The molecule has 1 aliphatic rings. The lowest BCUT2D eigenvalue weighted by Gasteiger charge is -2.34. The van der Waals surface area contributed by atoms with Crippen molar-refractivity contribution in [2.24, 2.45) is 0 Å². The van der Waals surface area contributed by atoms with Crippen molar-refractivity contribution in [1.29, 1.82) is 0 Å². The molecular formula is C13H12F2N2O6. The van der Waals surface area contributed by atoms with Crippen molar-refractivity contribution in [2.75, 3.05) is 18.1 Å². The number of aliphatic carboxylic acids is 1. The number of hydrogen-bond acceptors (Lipinski definition) is 6. The first kappa shape index (κ1) is 16.7. The van der Waals surface area contributed by atoms with Crippen LogP contribution in [0.15, 0.2) is 12.1 Å².